The Balaban J connectivity index is 2.78. The fourth-order valence-corrected chi connectivity index (χ4v) is 3.84. The van der Waals surface area contributed by atoms with Gasteiger partial charge in [0.25, 0.3) is 10.0 Å². The van der Waals surface area contributed by atoms with Crippen molar-refractivity contribution in [3.05, 3.63) is 30.3 Å². The molecular formula is C11H15NO4S2. The molecule has 0 aliphatic heterocycles. The van der Waals surface area contributed by atoms with Crippen molar-refractivity contribution in [1.29, 1.82) is 0 Å². The van der Waals surface area contributed by atoms with Crippen LogP contribution in [0.3, 0.4) is 0 Å². The number of benzene rings is 1. The number of sulfonamides is 1. The molecule has 0 saturated carbocycles. The lowest BCUT2D eigenvalue weighted by Gasteiger charge is -2.18. The summed E-state index contributed by atoms with van der Waals surface area (Å²) in [4.78, 5) is 10.6. The molecule has 0 unspecified atom stereocenters. The largest absolute Gasteiger partial charge is 0.481 e. The van der Waals surface area contributed by atoms with Crippen LogP contribution >= 0.6 is 11.9 Å². The topological polar surface area (TPSA) is 74.7 Å². The molecule has 1 N–H and O–H groups in total. The Morgan fingerprint density at radius 1 is 1.33 bits per heavy atom. The molecule has 0 saturated heterocycles. The van der Waals surface area contributed by atoms with Gasteiger partial charge in [-0.1, -0.05) is 30.1 Å². The molecule has 0 atom stereocenters. The quantitative estimate of drug-likeness (QED) is 0.775. The van der Waals surface area contributed by atoms with Crippen molar-refractivity contribution >= 4 is 27.9 Å². The number of carbonyl (C=O) groups is 1. The Bertz CT molecular complexity index is 487. The maximum absolute atomic E-state index is 12.2. The van der Waals surface area contributed by atoms with Crippen LogP contribution in [-0.4, -0.2) is 36.0 Å². The van der Waals surface area contributed by atoms with Gasteiger partial charge >= 0.3 is 5.97 Å². The highest BCUT2D eigenvalue weighted by Gasteiger charge is 2.23. The minimum Gasteiger partial charge on any atom is -0.481 e. The predicted molar refractivity (Wildman–Crippen MR) is 70.7 cm³/mol. The first-order valence-electron chi connectivity index (χ1n) is 5.32. The van der Waals surface area contributed by atoms with Gasteiger partial charge in [0.15, 0.2) is 0 Å². The van der Waals surface area contributed by atoms with Crippen LogP contribution < -0.4 is 0 Å². The molecule has 0 aromatic heterocycles. The molecule has 1 aromatic carbocycles. The average molecular weight is 289 g/mol. The van der Waals surface area contributed by atoms with Crippen LogP contribution in [-0.2, 0) is 14.8 Å². The summed E-state index contributed by atoms with van der Waals surface area (Å²) in [5.41, 5.74) is 0. The van der Waals surface area contributed by atoms with Gasteiger partial charge in [0.1, 0.15) is 0 Å². The van der Waals surface area contributed by atoms with Crippen LogP contribution in [0.5, 0.6) is 0 Å². The van der Waals surface area contributed by atoms with Crippen LogP contribution in [0.2, 0.25) is 0 Å². The van der Waals surface area contributed by atoms with Crippen LogP contribution in [0, 0.1) is 0 Å². The van der Waals surface area contributed by atoms with Crippen molar-refractivity contribution in [2.75, 3.05) is 12.8 Å². The molecular weight excluding hydrogens is 274 g/mol. The van der Waals surface area contributed by atoms with Crippen molar-refractivity contribution in [3.63, 3.8) is 0 Å². The standard InChI is InChI=1S/C11H15NO4S2/c1-17-12(9-5-8-11(13)14)18(15,16)10-6-3-2-4-7-10/h2-4,6-7H,5,8-9H2,1H3,(H,13,14). The third-order valence-electron chi connectivity index (χ3n) is 2.24. The summed E-state index contributed by atoms with van der Waals surface area (Å²) in [6, 6.07) is 8.10. The van der Waals surface area contributed by atoms with Gasteiger partial charge in [0, 0.05) is 13.0 Å². The molecule has 1 aromatic rings. The van der Waals surface area contributed by atoms with Crippen molar-refractivity contribution in [2.45, 2.75) is 17.7 Å². The zero-order valence-electron chi connectivity index (χ0n) is 9.94. The van der Waals surface area contributed by atoms with Gasteiger partial charge in [-0.3, -0.25) is 4.79 Å². The molecule has 0 aliphatic rings. The zero-order chi connectivity index (χ0) is 13.6. The van der Waals surface area contributed by atoms with E-state index in [4.69, 9.17) is 5.11 Å². The number of hydrogen-bond acceptors (Lipinski definition) is 4. The number of hydrogen-bond donors (Lipinski definition) is 1. The SMILES string of the molecule is CSN(CCCC(=O)O)S(=O)(=O)c1ccccc1. The predicted octanol–water partition coefficient (Wildman–Crippen LogP) is 1.82. The summed E-state index contributed by atoms with van der Waals surface area (Å²) in [6.07, 6.45) is 1.91. The average Bonchev–Trinajstić information content (AvgIpc) is 2.35. The third-order valence-corrected chi connectivity index (χ3v) is 5.46. The number of carboxylic acids is 1. The first-order valence-corrected chi connectivity index (χ1v) is 7.94. The molecule has 0 aliphatic carbocycles. The molecule has 0 bridgehead atoms. The smallest absolute Gasteiger partial charge is 0.303 e. The summed E-state index contributed by atoms with van der Waals surface area (Å²) in [7, 11) is -3.55. The van der Waals surface area contributed by atoms with Crippen LogP contribution in [0.25, 0.3) is 0 Å². The van der Waals surface area contributed by atoms with Crippen molar-refractivity contribution in [3.8, 4) is 0 Å². The van der Waals surface area contributed by atoms with Gasteiger partial charge in [-0.25, -0.2) is 8.42 Å². The molecule has 0 heterocycles. The molecule has 0 spiro atoms. The second-order valence-corrected chi connectivity index (χ2v) is 6.42. The minimum atomic E-state index is -3.55. The molecule has 0 radical (unpaired) electrons. The van der Waals surface area contributed by atoms with Crippen molar-refractivity contribution in [1.82, 2.24) is 3.71 Å². The Hall–Kier alpha value is -1.05. The summed E-state index contributed by atoms with van der Waals surface area (Å²) in [5.74, 6) is -0.923. The number of aliphatic carboxylic acids is 1. The molecule has 0 fully saturated rings. The minimum absolute atomic E-state index is 0.0403. The van der Waals surface area contributed by atoms with E-state index in [2.05, 4.69) is 0 Å². The number of carboxylic acid groups (broad SMARTS) is 1. The summed E-state index contributed by atoms with van der Waals surface area (Å²) in [5, 5.41) is 8.54. The molecule has 1 rings (SSSR count). The number of rotatable bonds is 7. The molecule has 5 nitrogen and oxygen atoms in total. The highest BCUT2D eigenvalue weighted by atomic mass is 32.3. The van der Waals surface area contributed by atoms with Crippen molar-refractivity contribution in [2.24, 2.45) is 0 Å². The van der Waals surface area contributed by atoms with E-state index in [1.807, 2.05) is 0 Å². The monoisotopic (exact) mass is 289 g/mol. The maximum atomic E-state index is 12.2. The molecule has 0 amide bonds. The van der Waals surface area contributed by atoms with Gasteiger partial charge in [-0.2, -0.15) is 0 Å². The summed E-state index contributed by atoms with van der Waals surface area (Å²) < 4.78 is 25.6. The first kappa shape index (κ1) is 15.0. The Labute approximate surface area is 111 Å². The lowest BCUT2D eigenvalue weighted by atomic mass is 10.3. The zero-order valence-corrected chi connectivity index (χ0v) is 11.6. The second kappa shape index (κ2) is 6.77. The summed E-state index contributed by atoms with van der Waals surface area (Å²) in [6.45, 7) is 0.185. The fraction of sp³-hybridized carbons (Fsp3) is 0.364. The van der Waals surface area contributed by atoms with Crippen LogP contribution in [0.1, 0.15) is 12.8 Å². The maximum Gasteiger partial charge on any atom is 0.303 e. The normalized spacial score (nSPS) is 11.7. The second-order valence-electron chi connectivity index (χ2n) is 3.52. The van der Waals surface area contributed by atoms with Gasteiger partial charge in [0.2, 0.25) is 0 Å². The van der Waals surface area contributed by atoms with Gasteiger partial charge in [-0.05, 0) is 24.8 Å². The van der Waals surface area contributed by atoms with E-state index in [0.29, 0.717) is 6.42 Å². The van der Waals surface area contributed by atoms with Crippen LogP contribution in [0.15, 0.2) is 35.2 Å². The molecule has 18 heavy (non-hydrogen) atoms. The van der Waals surface area contributed by atoms with Crippen molar-refractivity contribution < 1.29 is 18.3 Å². The van der Waals surface area contributed by atoms with E-state index in [0.717, 1.165) is 11.9 Å². The third kappa shape index (κ3) is 4.01. The van der Waals surface area contributed by atoms with E-state index in [1.54, 1.807) is 24.5 Å². The Morgan fingerprint density at radius 3 is 2.44 bits per heavy atom. The van der Waals surface area contributed by atoms with E-state index >= 15 is 0 Å². The van der Waals surface area contributed by atoms with E-state index in [-0.39, 0.29) is 17.9 Å². The van der Waals surface area contributed by atoms with E-state index in [9.17, 15) is 13.2 Å². The lowest BCUT2D eigenvalue weighted by Crippen LogP contribution is -2.25. The number of nitrogens with zero attached hydrogens (tertiary/aromatic N) is 1. The van der Waals surface area contributed by atoms with Gasteiger partial charge in [0.05, 0.1) is 4.90 Å². The lowest BCUT2D eigenvalue weighted by molar-refractivity contribution is -0.137. The van der Waals surface area contributed by atoms with E-state index in [1.165, 1.54) is 15.8 Å². The highest BCUT2D eigenvalue weighted by Crippen LogP contribution is 2.21. The fourth-order valence-electron chi connectivity index (χ4n) is 1.38. The Morgan fingerprint density at radius 2 is 1.94 bits per heavy atom. The molecule has 100 valence electrons. The highest BCUT2D eigenvalue weighted by molar-refractivity contribution is 8.08. The first-order chi connectivity index (χ1) is 8.48. The Kier molecular flexibility index (Phi) is 5.64. The van der Waals surface area contributed by atoms with Gasteiger partial charge in [-0.15, -0.1) is 3.71 Å². The summed E-state index contributed by atoms with van der Waals surface area (Å²) >= 11 is 1.08. The van der Waals surface area contributed by atoms with Gasteiger partial charge < -0.3 is 5.11 Å². The molecule has 7 heteroatoms. The van der Waals surface area contributed by atoms with Crippen LogP contribution in [0.4, 0.5) is 0 Å². The van der Waals surface area contributed by atoms with E-state index < -0.39 is 16.0 Å².